The van der Waals surface area contributed by atoms with Crippen molar-refractivity contribution in [2.24, 2.45) is 0 Å². The third-order valence-corrected chi connectivity index (χ3v) is 6.68. The average Bonchev–Trinajstić information content (AvgIpc) is 2.83. The standard InChI is InChI=1S/C25H32F3N5O.CH4/c1-19-2-4-22(5-3-19)32-16-14-31(15-17-32)11-9-24(34)33-12-7-20(8-13-33)30-21-6-10-29-23(18-21)25(26,27)28;/h2-6,10,18,20H,7-9,11-17H2,1H3,(H,29,30);1H4. The molecule has 0 spiro atoms. The van der Waals surface area contributed by atoms with Gasteiger partial charge in [0.1, 0.15) is 5.69 Å². The number of benzene rings is 1. The van der Waals surface area contributed by atoms with Crippen LogP contribution in [-0.4, -0.2) is 72.5 Å². The first-order chi connectivity index (χ1) is 16.3. The van der Waals surface area contributed by atoms with Gasteiger partial charge in [0.25, 0.3) is 0 Å². The SMILES string of the molecule is C.Cc1ccc(N2CCN(CCC(=O)N3CCC(Nc4ccnc(C(F)(F)F)c4)CC3)CC2)cc1. The van der Waals surface area contributed by atoms with Crippen molar-refractivity contribution in [2.45, 2.75) is 45.8 Å². The van der Waals surface area contributed by atoms with E-state index in [2.05, 4.69) is 51.3 Å². The molecule has 2 saturated heterocycles. The monoisotopic (exact) mass is 491 g/mol. The highest BCUT2D eigenvalue weighted by molar-refractivity contribution is 5.76. The van der Waals surface area contributed by atoms with E-state index < -0.39 is 11.9 Å². The second kappa shape index (κ2) is 11.7. The fraction of sp³-hybridized carbons (Fsp3) is 0.538. The van der Waals surface area contributed by atoms with Crippen molar-refractivity contribution in [3.63, 3.8) is 0 Å². The lowest BCUT2D eigenvalue weighted by Crippen LogP contribution is -2.48. The van der Waals surface area contributed by atoms with Crippen LogP contribution in [0, 0.1) is 6.92 Å². The number of likely N-dealkylation sites (tertiary alicyclic amines) is 1. The number of amides is 1. The van der Waals surface area contributed by atoms with E-state index in [0.717, 1.165) is 38.8 Å². The van der Waals surface area contributed by atoms with Gasteiger partial charge in [-0.25, -0.2) is 0 Å². The van der Waals surface area contributed by atoms with Gasteiger partial charge in [-0.05, 0) is 44.0 Å². The summed E-state index contributed by atoms with van der Waals surface area (Å²) in [5.41, 5.74) is 2.02. The largest absolute Gasteiger partial charge is 0.433 e. The number of alkyl halides is 3. The van der Waals surface area contributed by atoms with E-state index in [4.69, 9.17) is 0 Å². The molecule has 0 unspecified atom stereocenters. The lowest BCUT2D eigenvalue weighted by Gasteiger charge is -2.37. The third kappa shape index (κ3) is 7.34. The second-order valence-corrected chi connectivity index (χ2v) is 9.14. The quantitative estimate of drug-likeness (QED) is 0.637. The molecule has 0 saturated carbocycles. The first-order valence-electron chi connectivity index (χ1n) is 11.9. The third-order valence-electron chi connectivity index (χ3n) is 6.68. The number of carbonyl (C=O) groups is 1. The molecule has 1 N–H and O–H groups in total. The van der Waals surface area contributed by atoms with E-state index in [1.165, 1.54) is 17.4 Å². The zero-order valence-corrected chi connectivity index (χ0v) is 19.5. The van der Waals surface area contributed by atoms with E-state index in [1.807, 2.05) is 4.90 Å². The lowest BCUT2D eigenvalue weighted by atomic mass is 10.0. The van der Waals surface area contributed by atoms with Crippen molar-refractivity contribution in [2.75, 3.05) is 56.0 Å². The molecule has 1 aromatic heterocycles. The van der Waals surface area contributed by atoms with E-state index in [-0.39, 0.29) is 19.4 Å². The first kappa shape index (κ1) is 26.8. The minimum absolute atomic E-state index is 0. The van der Waals surface area contributed by atoms with Gasteiger partial charge in [-0.1, -0.05) is 25.1 Å². The number of anilines is 2. The van der Waals surface area contributed by atoms with Crippen LogP contribution in [0.15, 0.2) is 42.6 Å². The Hall–Kier alpha value is -2.81. The first-order valence-corrected chi connectivity index (χ1v) is 11.9. The van der Waals surface area contributed by atoms with Gasteiger partial charge >= 0.3 is 6.18 Å². The predicted molar refractivity (Wildman–Crippen MR) is 134 cm³/mol. The smallest absolute Gasteiger partial charge is 0.382 e. The highest BCUT2D eigenvalue weighted by Gasteiger charge is 2.33. The molecule has 1 aromatic carbocycles. The van der Waals surface area contributed by atoms with Crippen LogP contribution in [0.5, 0.6) is 0 Å². The number of piperidine rings is 1. The predicted octanol–water partition coefficient (Wildman–Crippen LogP) is 4.66. The molecule has 6 nitrogen and oxygen atoms in total. The summed E-state index contributed by atoms with van der Waals surface area (Å²) in [4.78, 5) is 22.7. The molecule has 4 rings (SSSR count). The molecule has 3 heterocycles. The lowest BCUT2D eigenvalue weighted by molar-refractivity contribution is -0.141. The number of aromatic nitrogens is 1. The van der Waals surface area contributed by atoms with Crippen molar-refractivity contribution < 1.29 is 18.0 Å². The molecule has 35 heavy (non-hydrogen) atoms. The number of piperazine rings is 1. The molecule has 2 fully saturated rings. The van der Waals surface area contributed by atoms with Crippen molar-refractivity contribution in [3.05, 3.63) is 53.9 Å². The molecule has 0 atom stereocenters. The molecule has 2 aromatic rings. The van der Waals surface area contributed by atoms with Crippen molar-refractivity contribution in [3.8, 4) is 0 Å². The van der Waals surface area contributed by atoms with E-state index in [9.17, 15) is 18.0 Å². The number of nitrogens with zero attached hydrogens (tertiary/aromatic N) is 4. The van der Waals surface area contributed by atoms with E-state index in [1.54, 1.807) is 6.07 Å². The van der Waals surface area contributed by atoms with Gasteiger partial charge in [-0.15, -0.1) is 0 Å². The zero-order chi connectivity index (χ0) is 24.1. The number of carbonyl (C=O) groups excluding carboxylic acids is 1. The number of nitrogens with one attached hydrogen (secondary N) is 1. The average molecular weight is 492 g/mol. The van der Waals surface area contributed by atoms with E-state index in [0.29, 0.717) is 38.0 Å². The van der Waals surface area contributed by atoms with Crippen LogP contribution in [-0.2, 0) is 11.0 Å². The summed E-state index contributed by atoms with van der Waals surface area (Å²) >= 11 is 0. The summed E-state index contributed by atoms with van der Waals surface area (Å²) < 4.78 is 38.6. The van der Waals surface area contributed by atoms with Gasteiger partial charge in [-0.2, -0.15) is 13.2 Å². The molecular weight excluding hydrogens is 455 g/mol. The summed E-state index contributed by atoms with van der Waals surface area (Å²) in [6.45, 7) is 7.89. The second-order valence-electron chi connectivity index (χ2n) is 9.14. The maximum absolute atomic E-state index is 12.9. The molecule has 9 heteroatoms. The highest BCUT2D eigenvalue weighted by Crippen LogP contribution is 2.29. The van der Waals surface area contributed by atoms with Crippen LogP contribution in [0.2, 0.25) is 0 Å². The fourth-order valence-corrected chi connectivity index (χ4v) is 4.58. The van der Waals surface area contributed by atoms with Crippen LogP contribution < -0.4 is 10.2 Å². The van der Waals surface area contributed by atoms with Crippen LogP contribution >= 0.6 is 0 Å². The number of halogens is 3. The van der Waals surface area contributed by atoms with Crippen LogP contribution in [0.1, 0.15) is 37.9 Å². The Labute approximate surface area is 206 Å². The minimum Gasteiger partial charge on any atom is -0.382 e. The van der Waals surface area contributed by atoms with Crippen molar-refractivity contribution >= 4 is 17.3 Å². The summed E-state index contributed by atoms with van der Waals surface area (Å²) in [5.74, 6) is 0.155. The summed E-state index contributed by atoms with van der Waals surface area (Å²) in [6.07, 6.45) is -1.36. The Morgan fingerprint density at radius 1 is 1.03 bits per heavy atom. The van der Waals surface area contributed by atoms with Crippen molar-refractivity contribution in [1.29, 1.82) is 0 Å². The Balaban J connectivity index is 0.00000342. The number of hydrogen-bond acceptors (Lipinski definition) is 5. The van der Waals surface area contributed by atoms with Crippen LogP contribution in [0.3, 0.4) is 0 Å². The summed E-state index contributed by atoms with van der Waals surface area (Å²) in [6, 6.07) is 11.2. The topological polar surface area (TPSA) is 51.7 Å². The van der Waals surface area contributed by atoms with Crippen LogP contribution in [0.25, 0.3) is 0 Å². The fourth-order valence-electron chi connectivity index (χ4n) is 4.58. The van der Waals surface area contributed by atoms with Crippen LogP contribution in [0.4, 0.5) is 24.5 Å². The molecule has 0 radical (unpaired) electrons. The molecule has 0 aliphatic carbocycles. The maximum Gasteiger partial charge on any atom is 0.433 e. The summed E-state index contributed by atoms with van der Waals surface area (Å²) in [7, 11) is 0. The Kier molecular flexibility index (Phi) is 8.99. The number of hydrogen-bond donors (Lipinski definition) is 1. The summed E-state index contributed by atoms with van der Waals surface area (Å²) in [5, 5.41) is 3.17. The maximum atomic E-state index is 12.9. The minimum atomic E-state index is -4.46. The molecule has 0 bridgehead atoms. The number of pyridine rings is 1. The van der Waals surface area contributed by atoms with Gasteiger partial charge in [0, 0.05) is 75.8 Å². The zero-order valence-electron chi connectivity index (χ0n) is 19.5. The van der Waals surface area contributed by atoms with Gasteiger partial charge in [0.2, 0.25) is 5.91 Å². The Morgan fingerprint density at radius 2 is 1.69 bits per heavy atom. The van der Waals surface area contributed by atoms with Gasteiger partial charge in [0.05, 0.1) is 0 Å². The number of rotatable bonds is 6. The molecule has 2 aliphatic heterocycles. The Bertz CT molecular complexity index is 950. The van der Waals surface area contributed by atoms with Gasteiger partial charge in [-0.3, -0.25) is 14.7 Å². The molecule has 2 aliphatic rings. The van der Waals surface area contributed by atoms with Gasteiger partial charge in [0.15, 0.2) is 0 Å². The molecule has 1 amide bonds. The number of aryl methyl sites for hydroxylation is 1. The van der Waals surface area contributed by atoms with E-state index >= 15 is 0 Å². The highest BCUT2D eigenvalue weighted by atomic mass is 19.4. The van der Waals surface area contributed by atoms with Gasteiger partial charge < -0.3 is 15.1 Å². The molecular formula is C26H36F3N5O. The van der Waals surface area contributed by atoms with Crippen molar-refractivity contribution in [1.82, 2.24) is 14.8 Å². The molecule has 192 valence electrons. The normalized spacial score (nSPS) is 17.7. The Morgan fingerprint density at radius 3 is 2.31 bits per heavy atom.